The first-order valence-electron chi connectivity index (χ1n) is 6.31. The second-order valence-corrected chi connectivity index (χ2v) is 4.34. The number of fused-ring (bicyclic) bond motifs is 1. The van der Waals surface area contributed by atoms with E-state index in [-0.39, 0.29) is 5.91 Å². The molecule has 0 aliphatic heterocycles. The normalized spacial score (nSPS) is 10.3. The predicted octanol–water partition coefficient (Wildman–Crippen LogP) is 2.29. The van der Waals surface area contributed by atoms with E-state index in [1.165, 1.54) is 0 Å². The van der Waals surface area contributed by atoms with Crippen molar-refractivity contribution in [2.75, 3.05) is 12.4 Å². The largest absolute Gasteiger partial charge is 0.497 e. The maximum absolute atomic E-state index is 12.2. The summed E-state index contributed by atoms with van der Waals surface area (Å²) in [6.07, 6.45) is 0. The van der Waals surface area contributed by atoms with Gasteiger partial charge in [-0.2, -0.15) is 0 Å². The lowest BCUT2D eigenvalue weighted by Crippen LogP contribution is -2.14. The molecule has 6 heteroatoms. The van der Waals surface area contributed by atoms with Crippen LogP contribution in [0.1, 0.15) is 10.4 Å². The molecule has 0 radical (unpaired) electrons. The van der Waals surface area contributed by atoms with Crippen molar-refractivity contribution in [2.45, 2.75) is 0 Å². The lowest BCUT2D eigenvalue weighted by molar-refractivity contribution is 0.102. The molecule has 0 saturated carbocycles. The topological polar surface area (TPSA) is 77.0 Å². The van der Waals surface area contributed by atoms with Gasteiger partial charge in [0.05, 0.1) is 12.6 Å². The Morgan fingerprint density at radius 1 is 1.05 bits per heavy atom. The molecule has 1 amide bonds. The maximum Gasteiger partial charge on any atom is 0.256 e. The van der Waals surface area contributed by atoms with E-state index in [1.807, 2.05) is 24.3 Å². The van der Waals surface area contributed by atoms with E-state index in [0.717, 1.165) is 5.39 Å². The molecule has 0 spiro atoms. The van der Waals surface area contributed by atoms with Crippen LogP contribution >= 0.6 is 0 Å². The monoisotopic (exact) mass is 280 g/mol. The minimum atomic E-state index is -0.261. The zero-order valence-electron chi connectivity index (χ0n) is 11.3. The molecule has 6 nitrogen and oxygen atoms in total. The highest BCUT2D eigenvalue weighted by molar-refractivity contribution is 6.07. The van der Waals surface area contributed by atoms with Gasteiger partial charge in [-0.15, -0.1) is 10.2 Å². The predicted molar refractivity (Wildman–Crippen MR) is 78.3 cm³/mol. The molecule has 104 valence electrons. The van der Waals surface area contributed by atoms with Crippen LogP contribution in [0.25, 0.3) is 10.9 Å². The molecule has 0 atom stereocenters. The number of nitrogens with zero attached hydrogens (tertiary/aromatic N) is 3. The van der Waals surface area contributed by atoms with Crippen LogP contribution in [0.15, 0.2) is 48.5 Å². The molecule has 1 aromatic heterocycles. The van der Waals surface area contributed by atoms with Crippen molar-refractivity contribution in [1.29, 1.82) is 0 Å². The van der Waals surface area contributed by atoms with Crippen molar-refractivity contribution >= 4 is 22.6 Å². The number of carbonyl (C=O) groups excluding carboxylic acids is 1. The Labute approximate surface area is 120 Å². The zero-order valence-corrected chi connectivity index (χ0v) is 11.3. The van der Waals surface area contributed by atoms with E-state index in [2.05, 4.69) is 20.7 Å². The van der Waals surface area contributed by atoms with Gasteiger partial charge < -0.3 is 10.1 Å². The fraction of sp³-hybridized carbons (Fsp3) is 0.0667. The van der Waals surface area contributed by atoms with Crippen LogP contribution in [-0.4, -0.2) is 28.4 Å². The van der Waals surface area contributed by atoms with E-state index in [1.54, 1.807) is 31.4 Å². The highest BCUT2D eigenvalue weighted by Crippen LogP contribution is 2.19. The summed E-state index contributed by atoms with van der Waals surface area (Å²) in [7, 11) is 1.58. The number of ether oxygens (including phenoxy) is 1. The molecule has 0 bridgehead atoms. The molecular weight excluding hydrogens is 268 g/mol. The fourth-order valence-corrected chi connectivity index (χ4v) is 1.94. The maximum atomic E-state index is 12.2. The lowest BCUT2D eigenvalue weighted by atomic mass is 10.2. The molecule has 0 aliphatic carbocycles. The van der Waals surface area contributed by atoms with E-state index in [0.29, 0.717) is 22.6 Å². The molecule has 3 rings (SSSR count). The fourth-order valence-electron chi connectivity index (χ4n) is 1.94. The third-order valence-electron chi connectivity index (χ3n) is 3.04. The van der Waals surface area contributed by atoms with Crippen LogP contribution in [0, 0.1) is 0 Å². The Bertz CT molecular complexity index is 782. The second-order valence-electron chi connectivity index (χ2n) is 4.34. The van der Waals surface area contributed by atoms with Crippen LogP contribution in [-0.2, 0) is 0 Å². The van der Waals surface area contributed by atoms with Crippen molar-refractivity contribution < 1.29 is 9.53 Å². The van der Waals surface area contributed by atoms with Gasteiger partial charge in [0, 0.05) is 10.9 Å². The number of aromatic nitrogens is 3. The number of rotatable bonds is 3. The molecule has 0 unspecified atom stereocenters. The van der Waals surface area contributed by atoms with Crippen molar-refractivity contribution in [3.05, 3.63) is 54.1 Å². The molecule has 3 aromatic rings. The minimum Gasteiger partial charge on any atom is -0.497 e. The van der Waals surface area contributed by atoms with Crippen LogP contribution in [0.3, 0.4) is 0 Å². The molecule has 0 fully saturated rings. The van der Waals surface area contributed by atoms with E-state index in [9.17, 15) is 4.79 Å². The van der Waals surface area contributed by atoms with Gasteiger partial charge in [-0.1, -0.05) is 12.1 Å². The van der Waals surface area contributed by atoms with E-state index < -0.39 is 0 Å². The minimum absolute atomic E-state index is 0.261. The quantitative estimate of drug-likeness (QED) is 0.796. The average molecular weight is 280 g/mol. The molecule has 0 aliphatic rings. The van der Waals surface area contributed by atoms with Gasteiger partial charge in [0.2, 0.25) is 0 Å². The Morgan fingerprint density at radius 2 is 1.81 bits per heavy atom. The van der Waals surface area contributed by atoms with Crippen LogP contribution in [0.5, 0.6) is 5.75 Å². The Kier molecular flexibility index (Phi) is 3.42. The smallest absolute Gasteiger partial charge is 0.256 e. The van der Waals surface area contributed by atoms with Crippen LogP contribution < -0.4 is 10.1 Å². The number of hydrogen-bond acceptors (Lipinski definition) is 5. The van der Waals surface area contributed by atoms with Gasteiger partial charge in [0.1, 0.15) is 5.75 Å². The standard InChI is InChI=1S/C15H12N4O2/c1-21-11-8-6-10(7-9-11)15(20)16-14-12-4-2-3-5-13(12)17-19-18-14/h2-9H,1H3,(H,16,17,18,20). The number of carbonyl (C=O) groups is 1. The summed E-state index contributed by atoms with van der Waals surface area (Å²) >= 11 is 0. The summed E-state index contributed by atoms with van der Waals surface area (Å²) in [6.45, 7) is 0. The summed E-state index contributed by atoms with van der Waals surface area (Å²) < 4.78 is 5.06. The molecule has 2 aromatic carbocycles. The summed E-state index contributed by atoms with van der Waals surface area (Å²) in [4.78, 5) is 12.2. The third kappa shape index (κ3) is 2.64. The summed E-state index contributed by atoms with van der Waals surface area (Å²) in [6, 6.07) is 14.2. The highest BCUT2D eigenvalue weighted by atomic mass is 16.5. The van der Waals surface area contributed by atoms with Gasteiger partial charge in [-0.05, 0) is 41.6 Å². The van der Waals surface area contributed by atoms with E-state index in [4.69, 9.17) is 4.74 Å². The van der Waals surface area contributed by atoms with Crippen LogP contribution in [0.2, 0.25) is 0 Å². The number of anilines is 1. The molecular formula is C15H12N4O2. The average Bonchev–Trinajstić information content (AvgIpc) is 2.55. The first kappa shape index (κ1) is 13.0. The summed E-state index contributed by atoms with van der Waals surface area (Å²) in [5.41, 5.74) is 1.19. The number of nitrogens with one attached hydrogen (secondary N) is 1. The zero-order chi connectivity index (χ0) is 14.7. The number of hydrogen-bond donors (Lipinski definition) is 1. The molecule has 1 N–H and O–H groups in total. The number of methoxy groups -OCH3 is 1. The second kappa shape index (κ2) is 5.54. The molecule has 1 heterocycles. The van der Waals surface area contributed by atoms with Crippen molar-refractivity contribution in [3.63, 3.8) is 0 Å². The molecule has 21 heavy (non-hydrogen) atoms. The van der Waals surface area contributed by atoms with Gasteiger partial charge in [-0.3, -0.25) is 4.79 Å². The van der Waals surface area contributed by atoms with Crippen molar-refractivity contribution in [3.8, 4) is 5.75 Å². The SMILES string of the molecule is COc1ccc(C(=O)Nc2nnnc3ccccc23)cc1. The summed E-state index contributed by atoms with van der Waals surface area (Å²) in [5, 5.41) is 14.9. The number of benzene rings is 2. The first-order chi connectivity index (χ1) is 10.3. The highest BCUT2D eigenvalue weighted by Gasteiger charge is 2.10. The lowest BCUT2D eigenvalue weighted by Gasteiger charge is -2.06. The Balaban J connectivity index is 1.89. The van der Waals surface area contributed by atoms with E-state index >= 15 is 0 Å². The summed E-state index contributed by atoms with van der Waals surface area (Å²) in [5.74, 6) is 0.824. The molecule has 0 saturated heterocycles. The Hall–Kier alpha value is -3.02. The van der Waals surface area contributed by atoms with Gasteiger partial charge >= 0.3 is 0 Å². The third-order valence-corrected chi connectivity index (χ3v) is 3.04. The van der Waals surface area contributed by atoms with Gasteiger partial charge in [-0.25, -0.2) is 0 Å². The van der Waals surface area contributed by atoms with Crippen LogP contribution in [0.4, 0.5) is 5.82 Å². The van der Waals surface area contributed by atoms with Crippen molar-refractivity contribution in [2.24, 2.45) is 0 Å². The first-order valence-corrected chi connectivity index (χ1v) is 6.31. The van der Waals surface area contributed by atoms with Crippen molar-refractivity contribution in [1.82, 2.24) is 15.4 Å². The number of amides is 1. The Morgan fingerprint density at radius 3 is 2.57 bits per heavy atom. The van der Waals surface area contributed by atoms with Gasteiger partial charge in [0.25, 0.3) is 5.91 Å². The van der Waals surface area contributed by atoms with Gasteiger partial charge in [0.15, 0.2) is 5.82 Å².